The first-order chi connectivity index (χ1) is 15.5. The zero-order valence-corrected chi connectivity index (χ0v) is 18.4. The lowest BCUT2D eigenvalue weighted by atomic mass is 10.1. The van der Waals surface area contributed by atoms with Crippen molar-refractivity contribution < 1.29 is 14.3 Å². The van der Waals surface area contributed by atoms with Gasteiger partial charge in [-0.15, -0.1) is 0 Å². The molecule has 7 heteroatoms. The van der Waals surface area contributed by atoms with Crippen LogP contribution in [0, 0.1) is 13.8 Å². The van der Waals surface area contributed by atoms with Gasteiger partial charge in [-0.1, -0.05) is 18.2 Å². The second-order valence-electron chi connectivity index (χ2n) is 8.04. The molecule has 1 saturated heterocycles. The summed E-state index contributed by atoms with van der Waals surface area (Å²) >= 11 is 0. The van der Waals surface area contributed by atoms with Crippen LogP contribution in [0.25, 0.3) is 0 Å². The van der Waals surface area contributed by atoms with Crippen molar-refractivity contribution in [1.29, 1.82) is 0 Å². The number of hydrogen-bond donors (Lipinski definition) is 2. The normalized spacial score (nSPS) is 15.5. The maximum absolute atomic E-state index is 13.1. The highest BCUT2D eigenvalue weighted by Gasteiger charge is 2.20. The highest BCUT2D eigenvalue weighted by atomic mass is 16.5. The molecule has 1 fully saturated rings. The molecular weight excluding hydrogens is 404 g/mol. The number of benzene rings is 1. The van der Waals surface area contributed by atoms with Crippen LogP contribution in [0.1, 0.15) is 50.6 Å². The minimum atomic E-state index is -0.246. The van der Waals surface area contributed by atoms with E-state index in [1.165, 1.54) is 0 Å². The summed E-state index contributed by atoms with van der Waals surface area (Å²) in [5, 5.41) is 5.84. The Morgan fingerprint density at radius 3 is 2.66 bits per heavy atom. The van der Waals surface area contributed by atoms with Gasteiger partial charge in [-0.05, 0) is 57.0 Å². The van der Waals surface area contributed by atoms with Gasteiger partial charge in [-0.3, -0.25) is 14.6 Å². The predicted molar refractivity (Wildman–Crippen MR) is 123 cm³/mol. The second kappa shape index (κ2) is 9.78. The van der Waals surface area contributed by atoms with Crippen LogP contribution in [0.15, 0.2) is 54.7 Å². The maximum atomic E-state index is 13.1. The van der Waals surface area contributed by atoms with Crippen LogP contribution in [-0.2, 0) is 11.3 Å². The number of amides is 2. The van der Waals surface area contributed by atoms with Crippen LogP contribution >= 0.6 is 0 Å². The summed E-state index contributed by atoms with van der Waals surface area (Å²) in [6.07, 6.45) is 3.79. The van der Waals surface area contributed by atoms with Crippen LogP contribution in [-0.4, -0.2) is 40.6 Å². The van der Waals surface area contributed by atoms with Gasteiger partial charge in [0.05, 0.1) is 35.2 Å². The summed E-state index contributed by atoms with van der Waals surface area (Å²) in [7, 11) is 0. The molecule has 1 aliphatic rings. The highest BCUT2D eigenvalue weighted by Crippen LogP contribution is 2.21. The van der Waals surface area contributed by atoms with E-state index in [0.717, 1.165) is 36.5 Å². The maximum Gasteiger partial charge on any atom is 0.257 e. The fourth-order valence-electron chi connectivity index (χ4n) is 4.01. The largest absolute Gasteiger partial charge is 0.376 e. The third-order valence-electron chi connectivity index (χ3n) is 5.80. The summed E-state index contributed by atoms with van der Waals surface area (Å²) < 4.78 is 7.64. The van der Waals surface area contributed by atoms with E-state index in [1.807, 2.05) is 38.1 Å². The lowest BCUT2D eigenvalue weighted by Crippen LogP contribution is -2.32. The van der Waals surface area contributed by atoms with Crippen molar-refractivity contribution in [2.45, 2.75) is 39.3 Å². The van der Waals surface area contributed by atoms with Gasteiger partial charge in [0.15, 0.2) is 0 Å². The van der Waals surface area contributed by atoms with E-state index >= 15 is 0 Å². The first kappa shape index (κ1) is 21.8. The lowest BCUT2D eigenvalue weighted by Gasteiger charge is -2.14. The average Bonchev–Trinajstić information content (AvgIpc) is 3.42. The fourth-order valence-corrected chi connectivity index (χ4v) is 4.01. The molecule has 1 atom stereocenters. The van der Waals surface area contributed by atoms with E-state index in [9.17, 15) is 9.59 Å². The zero-order valence-electron chi connectivity index (χ0n) is 18.4. The molecule has 2 aromatic heterocycles. The van der Waals surface area contributed by atoms with Gasteiger partial charge in [0.1, 0.15) is 0 Å². The van der Waals surface area contributed by atoms with E-state index < -0.39 is 0 Å². The molecule has 32 heavy (non-hydrogen) atoms. The molecule has 7 nitrogen and oxygen atoms in total. The van der Waals surface area contributed by atoms with Gasteiger partial charge in [-0.25, -0.2) is 0 Å². The van der Waals surface area contributed by atoms with Crippen molar-refractivity contribution in [1.82, 2.24) is 14.9 Å². The molecule has 3 aromatic rings. The molecule has 1 unspecified atom stereocenters. The summed E-state index contributed by atoms with van der Waals surface area (Å²) in [6, 6.07) is 14.7. The number of para-hydroxylation sites is 1. The second-order valence-corrected chi connectivity index (χ2v) is 8.04. The molecule has 0 bridgehead atoms. The molecule has 2 amide bonds. The Kier molecular flexibility index (Phi) is 6.66. The molecule has 0 aliphatic carbocycles. The van der Waals surface area contributed by atoms with E-state index in [0.29, 0.717) is 29.9 Å². The summed E-state index contributed by atoms with van der Waals surface area (Å²) in [6.45, 7) is 5.69. The zero-order chi connectivity index (χ0) is 22.5. The molecule has 166 valence electrons. The Morgan fingerprint density at radius 1 is 1.09 bits per heavy atom. The Morgan fingerprint density at radius 2 is 1.91 bits per heavy atom. The van der Waals surface area contributed by atoms with Crippen LogP contribution in [0.3, 0.4) is 0 Å². The smallest absolute Gasteiger partial charge is 0.257 e. The van der Waals surface area contributed by atoms with Gasteiger partial charge in [0.25, 0.3) is 11.8 Å². The third-order valence-corrected chi connectivity index (χ3v) is 5.80. The molecule has 0 spiro atoms. The van der Waals surface area contributed by atoms with E-state index in [-0.39, 0.29) is 17.9 Å². The van der Waals surface area contributed by atoms with Crippen molar-refractivity contribution in [3.63, 3.8) is 0 Å². The Balaban J connectivity index is 1.48. The molecule has 0 radical (unpaired) electrons. The minimum Gasteiger partial charge on any atom is -0.376 e. The monoisotopic (exact) mass is 432 g/mol. The number of ether oxygens (including phenoxy) is 1. The molecule has 2 N–H and O–H groups in total. The average molecular weight is 433 g/mol. The predicted octanol–water partition coefficient (Wildman–Crippen LogP) is 3.71. The number of pyridine rings is 1. The summed E-state index contributed by atoms with van der Waals surface area (Å²) in [4.78, 5) is 30.2. The highest BCUT2D eigenvalue weighted by molar-refractivity contribution is 6.09. The molecular formula is C25H28N4O3. The first-order valence-electron chi connectivity index (χ1n) is 10.9. The molecule has 1 aromatic carbocycles. The number of carbonyl (C=O) groups excluding carboxylic acids is 2. The third kappa shape index (κ3) is 4.89. The van der Waals surface area contributed by atoms with Crippen LogP contribution in [0.5, 0.6) is 0 Å². The number of hydrogen-bond acceptors (Lipinski definition) is 4. The van der Waals surface area contributed by atoms with Crippen molar-refractivity contribution in [3.05, 3.63) is 82.9 Å². The van der Waals surface area contributed by atoms with Gasteiger partial charge >= 0.3 is 0 Å². The van der Waals surface area contributed by atoms with Crippen molar-refractivity contribution in [2.75, 3.05) is 18.5 Å². The number of carbonyl (C=O) groups is 2. The SMILES string of the molecule is Cc1cc(C(=O)Nc2ccccc2C(=O)NCC2CCCO2)c(C)n1Cc1ccccn1. The van der Waals surface area contributed by atoms with E-state index in [2.05, 4.69) is 20.2 Å². The number of aromatic nitrogens is 2. The number of nitrogens with one attached hydrogen (secondary N) is 2. The van der Waals surface area contributed by atoms with Gasteiger partial charge in [0, 0.05) is 30.7 Å². The topological polar surface area (TPSA) is 85.3 Å². The van der Waals surface area contributed by atoms with Crippen molar-refractivity contribution >= 4 is 17.5 Å². The van der Waals surface area contributed by atoms with Crippen molar-refractivity contribution in [3.8, 4) is 0 Å². The lowest BCUT2D eigenvalue weighted by molar-refractivity contribution is 0.0858. The number of nitrogens with zero attached hydrogens (tertiary/aromatic N) is 2. The van der Waals surface area contributed by atoms with E-state index in [4.69, 9.17) is 4.74 Å². The standard InChI is InChI=1S/C25H28N4O3/c1-17-14-22(18(2)29(17)16-19-8-5-6-12-26-19)25(31)28-23-11-4-3-10-21(23)24(30)27-15-20-9-7-13-32-20/h3-6,8,10-12,14,20H,7,9,13,15-16H2,1-2H3,(H,27,30)(H,28,31). The Bertz CT molecular complexity index is 1100. The summed E-state index contributed by atoms with van der Waals surface area (Å²) in [5.74, 6) is -0.471. The molecule has 4 rings (SSSR count). The Hall–Kier alpha value is -3.45. The van der Waals surface area contributed by atoms with Gasteiger partial charge < -0.3 is 19.9 Å². The molecule has 3 heterocycles. The number of rotatable bonds is 7. The van der Waals surface area contributed by atoms with Crippen LogP contribution < -0.4 is 10.6 Å². The van der Waals surface area contributed by atoms with Crippen LogP contribution in [0.2, 0.25) is 0 Å². The summed E-state index contributed by atoms with van der Waals surface area (Å²) in [5.41, 5.74) is 4.24. The van der Waals surface area contributed by atoms with Crippen molar-refractivity contribution in [2.24, 2.45) is 0 Å². The number of anilines is 1. The fraction of sp³-hybridized carbons (Fsp3) is 0.320. The Labute approximate surface area is 187 Å². The van der Waals surface area contributed by atoms with Gasteiger partial charge in [-0.2, -0.15) is 0 Å². The number of aryl methyl sites for hydroxylation is 1. The van der Waals surface area contributed by atoms with E-state index in [1.54, 1.807) is 30.5 Å². The quantitative estimate of drug-likeness (QED) is 0.596. The van der Waals surface area contributed by atoms with Crippen LogP contribution in [0.4, 0.5) is 5.69 Å². The van der Waals surface area contributed by atoms with Gasteiger partial charge in [0.2, 0.25) is 0 Å². The molecule has 1 aliphatic heterocycles. The first-order valence-corrected chi connectivity index (χ1v) is 10.9. The molecule has 0 saturated carbocycles. The minimum absolute atomic E-state index is 0.0604.